The molecule has 0 aliphatic heterocycles. The van der Waals surface area contributed by atoms with Gasteiger partial charge in [-0.25, -0.2) is 4.68 Å². The number of hydrogen-bond donors (Lipinski definition) is 1. The molecule has 0 spiro atoms. The first kappa shape index (κ1) is 5.81. The highest BCUT2D eigenvalue weighted by Crippen LogP contribution is 1.91. The van der Waals surface area contributed by atoms with Crippen molar-refractivity contribution in [3.63, 3.8) is 0 Å². The van der Waals surface area contributed by atoms with Crippen molar-refractivity contribution >= 4 is 5.95 Å². The number of hydrogen-bond acceptors (Lipinski definition) is 3. The molecule has 47 valence electrons. The molecule has 4 heteroatoms. The van der Waals surface area contributed by atoms with E-state index < -0.39 is 0 Å². The molecule has 0 amide bonds. The maximum Gasteiger partial charge on any atom is 0.222 e. The lowest BCUT2D eigenvalue weighted by atomic mass is 10.6. The van der Waals surface area contributed by atoms with Crippen molar-refractivity contribution in [3.05, 3.63) is 19.0 Å². The number of allylic oxidation sites excluding steroid dienone is 1. The summed E-state index contributed by atoms with van der Waals surface area (Å²) in [6.45, 7) is 4.10. The lowest BCUT2D eigenvalue weighted by molar-refractivity contribution is 0.711. The molecule has 0 atom stereocenters. The Hall–Kier alpha value is -1.32. The van der Waals surface area contributed by atoms with Crippen LogP contribution in [0, 0.1) is 6.33 Å². The zero-order chi connectivity index (χ0) is 6.69. The molecule has 0 aliphatic carbocycles. The molecule has 1 aromatic heterocycles. The standard InChI is InChI=1S/C5H7N4/c1-2-3-9-5(6)7-4-8-9/h2H,1,3H2,(H2,6,7,8). The Labute approximate surface area is 53.0 Å². The third kappa shape index (κ3) is 1.07. The molecule has 1 heterocycles. The number of nitrogens with zero attached hydrogens (tertiary/aromatic N) is 3. The minimum atomic E-state index is 0.370. The van der Waals surface area contributed by atoms with Gasteiger partial charge in [-0.15, -0.1) is 11.7 Å². The Morgan fingerprint density at radius 1 is 1.89 bits per heavy atom. The molecule has 0 unspecified atom stereocenters. The maximum atomic E-state index is 5.34. The quantitative estimate of drug-likeness (QED) is 0.556. The molecule has 4 nitrogen and oxygen atoms in total. The monoisotopic (exact) mass is 123 g/mol. The van der Waals surface area contributed by atoms with Gasteiger partial charge in [0, 0.05) is 0 Å². The van der Waals surface area contributed by atoms with Crippen molar-refractivity contribution in [3.8, 4) is 0 Å². The van der Waals surface area contributed by atoms with Gasteiger partial charge in [0.15, 0.2) is 0 Å². The van der Waals surface area contributed by atoms with Gasteiger partial charge >= 0.3 is 0 Å². The number of nitrogen functional groups attached to an aromatic ring is 1. The van der Waals surface area contributed by atoms with E-state index in [4.69, 9.17) is 5.73 Å². The second-order valence-corrected chi connectivity index (χ2v) is 1.54. The van der Waals surface area contributed by atoms with Crippen LogP contribution in [-0.4, -0.2) is 14.8 Å². The average Bonchev–Trinajstić information content (AvgIpc) is 2.18. The van der Waals surface area contributed by atoms with E-state index in [9.17, 15) is 0 Å². The topological polar surface area (TPSA) is 56.7 Å². The fourth-order valence-corrected chi connectivity index (χ4v) is 0.493. The van der Waals surface area contributed by atoms with Crippen LogP contribution in [0.1, 0.15) is 0 Å². The molecule has 1 aromatic rings. The van der Waals surface area contributed by atoms with Gasteiger partial charge in [0.2, 0.25) is 12.3 Å². The summed E-state index contributed by atoms with van der Waals surface area (Å²) in [5, 5.41) is 3.69. The summed E-state index contributed by atoms with van der Waals surface area (Å²) in [4.78, 5) is 3.59. The number of anilines is 1. The normalized spacial score (nSPS) is 9.33. The summed E-state index contributed by atoms with van der Waals surface area (Å²) in [6, 6.07) is 0. The van der Waals surface area contributed by atoms with Gasteiger partial charge in [0.1, 0.15) is 0 Å². The lowest BCUT2D eigenvalue weighted by Crippen LogP contribution is -2.02. The van der Waals surface area contributed by atoms with Crippen LogP contribution in [0.25, 0.3) is 0 Å². The molecule has 0 aliphatic rings. The van der Waals surface area contributed by atoms with Crippen molar-refractivity contribution < 1.29 is 0 Å². The van der Waals surface area contributed by atoms with Crippen molar-refractivity contribution in [2.75, 3.05) is 5.73 Å². The maximum absolute atomic E-state index is 5.34. The van der Waals surface area contributed by atoms with E-state index in [0.29, 0.717) is 12.5 Å². The summed E-state index contributed by atoms with van der Waals surface area (Å²) in [6.07, 6.45) is 4.07. The molecule has 0 saturated heterocycles. The van der Waals surface area contributed by atoms with Gasteiger partial charge in [0.25, 0.3) is 0 Å². The molecule has 0 fully saturated rings. The van der Waals surface area contributed by atoms with E-state index in [-0.39, 0.29) is 0 Å². The SMILES string of the molecule is C=CCn1n[c]nc1N. The van der Waals surface area contributed by atoms with Crippen molar-refractivity contribution in [1.82, 2.24) is 14.8 Å². The highest BCUT2D eigenvalue weighted by Gasteiger charge is 1.93. The molecule has 1 rings (SSSR count). The van der Waals surface area contributed by atoms with E-state index >= 15 is 0 Å². The van der Waals surface area contributed by atoms with Crippen molar-refractivity contribution in [2.24, 2.45) is 0 Å². The van der Waals surface area contributed by atoms with E-state index in [2.05, 4.69) is 23.0 Å². The van der Waals surface area contributed by atoms with E-state index in [1.54, 1.807) is 6.08 Å². The van der Waals surface area contributed by atoms with Crippen LogP contribution in [0.2, 0.25) is 0 Å². The average molecular weight is 123 g/mol. The van der Waals surface area contributed by atoms with Crippen LogP contribution < -0.4 is 5.73 Å². The summed E-state index contributed by atoms with van der Waals surface area (Å²) < 4.78 is 1.51. The fourth-order valence-electron chi connectivity index (χ4n) is 0.493. The molecule has 0 saturated carbocycles. The fraction of sp³-hybridized carbons (Fsp3) is 0.200. The van der Waals surface area contributed by atoms with Gasteiger partial charge in [0.05, 0.1) is 6.54 Å². The first-order valence-corrected chi connectivity index (χ1v) is 2.52. The van der Waals surface area contributed by atoms with Crippen LogP contribution >= 0.6 is 0 Å². The molecule has 0 aromatic carbocycles. The molecular formula is C5H7N4. The van der Waals surface area contributed by atoms with Crippen molar-refractivity contribution in [2.45, 2.75) is 6.54 Å². The predicted octanol–water partition coefficient (Wildman–Crippen LogP) is -0.154. The first-order valence-electron chi connectivity index (χ1n) is 2.52. The molecule has 0 bridgehead atoms. The summed E-state index contributed by atoms with van der Waals surface area (Å²) in [5.41, 5.74) is 5.34. The Kier molecular flexibility index (Phi) is 1.48. The molecular weight excluding hydrogens is 116 g/mol. The Bertz CT molecular complexity index is 202. The smallest absolute Gasteiger partial charge is 0.222 e. The van der Waals surface area contributed by atoms with Gasteiger partial charge in [-0.2, -0.15) is 4.98 Å². The summed E-state index contributed by atoms with van der Waals surface area (Å²) in [7, 11) is 0. The van der Waals surface area contributed by atoms with Crippen LogP contribution in [0.3, 0.4) is 0 Å². The Balaban J connectivity index is 2.80. The first-order chi connectivity index (χ1) is 4.34. The second-order valence-electron chi connectivity index (χ2n) is 1.54. The Morgan fingerprint density at radius 3 is 3.11 bits per heavy atom. The molecule has 9 heavy (non-hydrogen) atoms. The Morgan fingerprint density at radius 2 is 2.67 bits per heavy atom. The minimum Gasteiger partial charge on any atom is -0.368 e. The van der Waals surface area contributed by atoms with Crippen LogP contribution in [0.5, 0.6) is 0 Å². The third-order valence-electron chi connectivity index (χ3n) is 0.896. The highest BCUT2D eigenvalue weighted by atomic mass is 15.4. The van der Waals surface area contributed by atoms with Gasteiger partial charge in [-0.3, -0.25) is 0 Å². The number of aromatic nitrogens is 3. The minimum absolute atomic E-state index is 0.370. The van der Waals surface area contributed by atoms with E-state index in [0.717, 1.165) is 0 Å². The van der Waals surface area contributed by atoms with Gasteiger partial charge in [-0.1, -0.05) is 6.08 Å². The van der Waals surface area contributed by atoms with E-state index in [1.165, 1.54) is 4.68 Å². The predicted molar refractivity (Wildman–Crippen MR) is 33.5 cm³/mol. The number of nitrogens with two attached hydrogens (primary N) is 1. The van der Waals surface area contributed by atoms with E-state index in [1.807, 2.05) is 0 Å². The second kappa shape index (κ2) is 2.30. The summed E-state index contributed by atoms with van der Waals surface area (Å²) in [5.74, 6) is 0.370. The zero-order valence-corrected chi connectivity index (χ0v) is 4.91. The van der Waals surface area contributed by atoms with Crippen LogP contribution in [-0.2, 0) is 6.54 Å². The number of rotatable bonds is 2. The zero-order valence-electron chi connectivity index (χ0n) is 4.91. The van der Waals surface area contributed by atoms with Gasteiger partial charge in [-0.05, 0) is 0 Å². The van der Waals surface area contributed by atoms with Crippen molar-refractivity contribution in [1.29, 1.82) is 0 Å². The summed E-state index contributed by atoms with van der Waals surface area (Å²) >= 11 is 0. The van der Waals surface area contributed by atoms with Gasteiger partial charge < -0.3 is 5.73 Å². The van der Waals surface area contributed by atoms with Crippen LogP contribution in [0.4, 0.5) is 5.95 Å². The molecule has 2 N–H and O–H groups in total. The lowest BCUT2D eigenvalue weighted by Gasteiger charge is -1.93. The highest BCUT2D eigenvalue weighted by molar-refractivity contribution is 5.12. The molecule has 1 radical (unpaired) electrons. The largest absolute Gasteiger partial charge is 0.368 e. The van der Waals surface area contributed by atoms with Crippen LogP contribution in [0.15, 0.2) is 12.7 Å². The third-order valence-corrected chi connectivity index (χ3v) is 0.896.